The minimum atomic E-state index is -0.788. The van der Waals surface area contributed by atoms with Crippen LogP contribution in [0.4, 0.5) is 0 Å². The van der Waals surface area contributed by atoms with Gasteiger partial charge < -0.3 is 10.4 Å². The zero-order valence-corrected chi connectivity index (χ0v) is 16.1. The van der Waals surface area contributed by atoms with Crippen LogP contribution in [0.1, 0.15) is 41.7 Å². The number of amides is 1. The molecule has 3 aromatic rings. The number of carboxylic acid groups (broad SMARTS) is 1. The number of aromatic nitrogens is 3. The second-order valence-electron chi connectivity index (χ2n) is 6.79. The summed E-state index contributed by atoms with van der Waals surface area (Å²) in [5, 5.41) is 16.8. The molecule has 0 atom stereocenters. The van der Waals surface area contributed by atoms with Crippen molar-refractivity contribution in [3.8, 4) is 11.3 Å². The smallest absolute Gasteiger partial charge is 0.303 e. The molecule has 146 valence electrons. The molecule has 0 fully saturated rings. The zero-order chi connectivity index (χ0) is 20.1. The molecule has 2 heterocycles. The monoisotopic (exact) mass is 380 g/mol. The lowest BCUT2D eigenvalue weighted by Gasteiger charge is -2.09. The molecular formula is C21H24N4O3. The molecule has 1 amide bonds. The van der Waals surface area contributed by atoms with Gasteiger partial charge in [0.15, 0.2) is 5.65 Å². The Balaban J connectivity index is 1.82. The zero-order valence-electron chi connectivity index (χ0n) is 16.1. The molecule has 0 spiro atoms. The van der Waals surface area contributed by atoms with E-state index >= 15 is 0 Å². The van der Waals surface area contributed by atoms with E-state index in [0.29, 0.717) is 24.2 Å². The molecule has 0 aliphatic rings. The first-order valence-electron chi connectivity index (χ1n) is 9.37. The van der Waals surface area contributed by atoms with Crippen molar-refractivity contribution in [3.05, 3.63) is 47.7 Å². The maximum absolute atomic E-state index is 12.9. The lowest BCUT2D eigenvalue weighted by Crippen LogP contribution is -2.25. The van der Waals surface area contributed by atoms with Gasteiger partial charge in [0, 0.05) is 25.6 Å². The number of aryl methyl sites for hydroxylation is 2. The van der Waals surface area contributed by atoms with E-state index in [1.54, 1.807) is 4.68 Å². The largest absolute Gasteiger partial charge is 0.481 e. The van der Waals surface area contributed by atoms with E-state index in [2.05, 4.69) is 10.4 Å². The quantitative estimate of drug-likeness (QED) is 0.584. The highest BCUT2D eigenvalue weighted by Gasteiger charge is 2.19. The molecule has 2 N–H and O–H groups in total. The molecule has 28 heavy (non-hydrogen) atoms. The number of fused-ring (bicyclic) bond motifs is 1. The minimum Gasteiger partial charge on any atom is -0.481 e. The lowest BCUT2D eigenvalue weighted by molar-refractivity contribution is -0.137. The Morgan fingerprint density at radius 1 is 1.14 bits per heavy atom. The normalized spacial score (nSPS) is 10.9. The third-order valence-electron chi connectivity index (χ3n) is 4.64. The molecule has 0 aliphatic heterocycles. The van der Waals surface area contributed by atoms with E-state index in [0.717, 1.165) is 35.2 Å². The molecule has 0 bridgehead atoms. The summed E-state index contributed by atoms with van der Waals surface area (Å²) in [5.41, 5.74) is 3.65. The lowest BCUT2D eigenvalue weighted by atomic mass is 10.0. The van der Waals surface area contributed by atoms with Gasteiger partial charge in [0.2, 0.25) is 0 Å². The van der Waals surface area contributed by atoms with E-state index in [4.69, 9.17) is 10.1 Å². The highest BCUT2D eigenvalue weighted by atomic mass is 16.4. The molecule has 7 nitrogen and oxygen atoms in total. The fraction of sp³-hybridized carbons (Fsp3) is 0.333. The summed E-state index contributed by atoms with van der Waals surface area (Å²) in [6, 6.07) is 11.5. The molecule has 2 aromatic heterocycles. The van der Waals surface area contributed by atoms with Crippen LogP contribution >= 0.6 is 0 Å². The molecule has 0 aliphatic carbocycles. The number of aliphatic carboxylic acids is 1. The Morgan fingerprint density at radius 3 is 2.61 bits per heavy atom. The van der Waals surface area contributed by atoms with Gasteiger partial charge in [-0.2, -0.15) is 5.10 Å². The van der Waals surface area contributed by atoms with Crippen LogP contribution in [0.25, 0.3) is 22.3 Å². The number of nitrogens with zero attached hydrogens (tertiary/aromatic N) is 3. The maximum Gasteiger partial charge on any atom is 0.303 e. The number of unbranched alkanes of at least 4 members (excludes halogenated alkanes) is 2. The van der Waals surface area contributed by atoms with Crippen LogP contribution in [0.2, 0.25) is 0 Å². The van der Waals surface area contributed by atoms with Crippen molar-refractivity contribution in [2.75, 3.05) is 6.54 Å². The third-order valence-corrected chi connectivity index (χ3v) is 4.64. The summed E-state index contributed by atoms with van der Waals surface area (Å²) in [7, 11) is 1.82. The van der Waals surface area contributed by atoms with Crippen LogP contribution in [0.15, 0.2) is 36.4 Å². The second kappa shape index (κ2) is 8.65. The van der Waals surface area contributed by atoms with Gasteiger partial charge in [0.1, 0.15) is 0 Å². The molecular weight excluding hydrogens is 356 g/mol. The second-order valence-corrected chi connectivity index (χ2v) is 6.79. The van der Waals surface area contributed by atoms with Gasteiger partial charge in [-0.3, -0.25) is 14.3 Å². The predicted octanol–water partition coefficient (Wildman–Crippen LogP) is 3.32. The molecule has 7 heteroatoms. The topological polar surface area (TPSA) is 97.1 Å². The SMILES string of the molecule is Cc1nn(C)c2nc(-c3ccccc3)cc(C(=O)NCCCCCC(=O)O)c12. The van der Waals surface area contributed by atoms with Crippen LogP contribution in [0, 0.1) is 6.92 Å². The van der Waals surface area contributed by atoms with Crippen molar-refractivity contribution >= 4 is 22.9 Å². The van der Waals surface area contributed by atoms with E-state index in [1.165, 1.54) is 0 Å². The number of pyridine rings is 1. The van der Waals surface area contributed by atoms with Crippen molar-refractivity contribution < 1.29 is 14.7 Å². The van der Waals surface area contributed by atoms with E-state index in [1.807, 2.05) is 50.4 Å². The first-order valence-corrected chi connectivity index (χ1v) is 9.37. The molecule has 0 unspecified atom stereocenters. The predicted molar refractivity (Wildman–Crippen MR) is 107 cm³/mol. The van der Waals surface area contributed by atoms with Gasteiger partial charge in [-0.15, -0.1) is 0 Å². The summed E-state index contributed by atoms with van der Waals surface area (Å²) in [6.07, 6.45) is 2.28. The first kappa shape index (κ1) is 19.5. The number of hydrogen-bond donors (Lipinski definition) is 2. The Labute approximate surface area is 163 Å². The van der Waals surface area contributed by atoms with Crippen molar-refractivity contribution in [2.24, 2.45) is 7.05 Å². The number of benzene rings is 1. The summed E-state index contributed by atoms with van der Waals surface area (Å²) >= 11 is 0. The summed E-state index contributed by atoms with van der Waals surface area (Å²) in [6.45, 7) is 2.37. The van der Waals surface area contributed by atoms with E-state index in [-0.39, 0.29) is 12.3 Å². The van der Waals surface area contributed by atoms with Crippen molar-refractivity contribution in [1.29, 1.82) is 0 Å². The molecule has 0 radical (unpaired) electrons. The fourth-order valence-corrected chi connectivity index (χ4v) is 3.26. The number of carbonyl (C=O) groups excluding carboxylic acids is 1. The minimum absolute atomic E-state index is 0.161. The van der Waals surface area contributed by atoms with E-state index < -0.39 is 5.97 Å². The molecule has 1 aromatic carbocycles. The van der Waals surface area contributed by atoms with Gasteiger partial charge in [-0.25, -0.2) is 4.98 Å². The Morgan fingerprint density at radius 2 is 1.89 bits per heavy atom. The average Bonchev–Trinajstić information content (AvgIpc) is 2.98. The number of hydrogen-bond acceptors (Lipinski definition) is 4. The number of rotatable bonds is 8. The summed E-state index contributed by atoms with van der Waals surface area (Å²) < 4.78 is 1.69. The Bertz CT molecular complexity index is 996. The van der Waals surface area contributed by atoms with E-state index in [9.17, 15) is 9.59 Å². The Hall–Kier alpha value is -3.22. The highest BCUT2D eigenvalue weighted by Crippen LogP contribution is 2.26. The number of nitrogens with one attached hydrogen (secondary N) is 1. The fourth-order valence-electron chi connectivity index (χ4n) is 3.26. The van der Waals surface area contributed by atoms with Gasteiger partial charge >= 0.3 is 5.97 Å². The van der Waals surface area contributed by atoms with Crippen LogP contribution < -0.4 is 5.32 Å². The third kappa shape index (κ3) is 4.36. The van der Waals surface area contributed by atoms with Crippen molar-refractivity contribution in [2.45, 2.75) is 32.6 Å². The molecule has 0 saturated heterocycles. The van der Waals surface area contributed by atoms with Gasteiger partial charge in [-0.1, -0.05) is 36.8 Å². The standard InChI is InChI=1S/C21H24N4O3/c1-14-19-16(21(28)22-12-8-4-7-11-18(26)27)13-17(15-9-5-3-6-10-15)23-20(19)25(2)24-14/h3,5-6,9-10,13H,4,7-8,11-12H2,1-2H3,(H,22,28)(H,26,27). The maximum atomic E-state index is 12.9. The first-order chi connectivity index (χ1) is 13.5. The van der Waals surface area contributed by atoms with Crippen LogP contribution in [0.3, 0.4) is 0 Å². The highest BCUT2D eigenvalue weighted by molar-refractivity contribution is 6.07. The van der Waals surface area contributed by atoms with Gasteiger partial charge in [-0.05, 0) is 25.8 Å². The molecule has 0 saturated carbocycles. The van der Waals surface area contributed by atoms with Crippen molar-refractivity contribution in [1.82, 2.24) is 20.1 Å². The van der Waals surface area contributed by atoms with Crippen molar-refractivity contribution in [3.63, 3.8) is 0 Å². The van der Waals surface area contributed by atoms with Crippen LogP contribution in [-0.4, -0.2) is 38.3 Å². The van der Waals surface area contributed by atoms with Gasteiger partial charge in [0.05, 0.1) is 22.3 Å². The molecule has 3 rings (SSSR count). The average molecular weight is 380 g/mol. The summed E-state index contributed by atoms with van der Waals surface area (Å²) in [5.74, 6) is -0.956. The number of carboxylic acids is 1. The Kier molecular flexibility index (Phi) is 6.03. The summed E-state index contributed by atoms with van der Waals surface area (Å²) in [4.78, 5) is 28.1. The van der Waals surface area contributed by atoms with Crippen LogP contribution in [-0.2, 0) is 11.8 Å². The van der Waals surface area contributed by atoms with Gasteiger partial charge in [0.25, 0.3) is 5.91 Å². The van der Waals surface area contributed by atoms with Crippen LogP contribution in [0.5, 0.6) is 0 Å². The number of carbonyl (C=O) groups is 2.